The van der Waals surface area contributed by atoms with Gasteiger partial charge in [-0.3, -0.25) is 0 Å². The number of rotatable bonds is 2. The lowest BCUT2D eigenvalue weighted by Crippen LogP contribution is -2.45. The molecule has 1 unspecified atom stereocenters. The molecule has 0 saturated heterocycles. The SMILES string of the molecule is N#Cc1cc(-c2ccc(C3=NOC(O)(C(F)(F)F)C3)cc2)ccn1. The van der Waals surface area contributed by atoms with Crippen LogP contribution in [0.2, 0.25) is 0 Å². The minimum Gasteiger partial charge on any atom is -0.350 e. The van der Waals surface area contributed by atoms with Gasteiger partial charge in [0.2, 0.25) is 0 Å². The number of nitrogens with zero attached hydrogens (tertiary/aromatic N) is 3. The highest BCUT2D eigenvalue weighted by atomic mass is 19.4. The molecule has 24 heavy (non-hydrogen) atoms. The van der Waals surface area contributed by atoms with E-state index in [1.165, 1.54) is 6.20 Å². The highest BCUT2D eigenvalue weighted by molar-refractivity contribution is 6.01. The lowest BCUT2D eigenvalue weighted by Gasteiger charge is -2.22. The zero-order valence-corrected chi connectivity index (χ0v) is 12.1. The Balaban J connectivity index is 1.82. The zero-order valence-electron chi connectivity index (χ0n) is 12.1. The minimum absolute atomic E-state index is 0.00816. The molecule has 5 nitrogen and oxygen atoms in total. The number of alkyl halides is 3. The molecule has 0 aliphatic carbocycles. The molecule has 1 aliphatic rings. The molecule has 1 atom stereocenters. The van der Waals surface area contributed by atoms with Crippen molar-refractivity contribution in [1.29, 1.82) is 5.26 Å². The third kappa shape index (κ3) is 2.81. The lowest BCUT2D eigenvalue weighted by atomic mass is 9.99. The van der Waals surface area contributed by atoms with Crippen molar-refractivity contribution in [1.82, 2.24) is 4.98 Å². The monoisotopic (exact) mass is 333 g/mol. The van der Waals surface area contributed by atoms with Crippen LogP contribution in [0.5, 0.6) is 0 Å². The number of nitriles is 1. The van der Waals surface area contributed by atoms with Gasteiger partial charge in [0, 0.05) is 6.20 Å². The summed E-state index contributed by atoms with van der Waals surface area (Å²) in [6.45, 7) is 0. The molecule has 1 aliphatic heterocycles. The molecule has 1 aromatic heterocycles. The molecular weight excluding hydrogens is 323 g/mol. The van der Waals surface area contributed by atoms with Gasteiger partial charge in [0.05, 0.1) is 12.1 Å². The van der Waals surface area contributed by atoms with E-state index in [9.17, 15) is 18.3 Å². The van der Waals surface area contributed by atoms with Crippen molar-refractivity contribution >= 4 is 5.71 Å². The Labute approximate surface area is 134 Å². The number of hydrogen-bond donors (Lipinski definition) is 1. The summed E-state index contributed by atoms with van der Waals surface area (Å²) in [4.78, 5) is 8.06. The minimum atomic E-state index is -4.93. The van der Waals surface area contributed by atoms with Gasteiger partial charge in [0.25, 0.3) is 0 Å². The van der Waals surface area contributed by atoms with Gasteiger partial charge in [0.1, 0.15) is 11.8 Å². The molecule has 0 radical (unpaired) electrons. The van der Waals surface area contributed by atoms with E-state index in [1.807, 2.05) is 6.07 Å². The zero-order chi connectivity index (χ0) is 17.4. The van der Waals surface area contributed by atoms with E-state index in [1.54, 1.807) is 36.4 Å². The first-order chi connectivity index (χ1) is 11.3. The van der Waals surface area contributed by atoms with Gasteiger partial charge in [0.15, 0.2) is 0 Å². The Hall–Kier alpha value is -2.92. The number of halogens is 3. The molecule has 122 valence electrons. The first kappa shape index (κ1) is 16.0. The fourth-order valence-electron chi connectivity index (χ4n) is 2.26. The Morgan fingerprint density at radius 3 is 2.38 bits per heavy atom. The predicted molar refractivity (Wildman–Crippen MR) is 77.6 cm³/mol. The average Bonchev–Trinajstić information content (AvgIpc) is 2.99. The fourth-order valence-corrected chi connectivity index (χ4v) is 2.26. The Kier molecular flexibility index (Phi) is 3.73. The predicted octanol–water partition coefficient (Wildman–Crippen LogP) is 3.00. The van der Waals surface area contributed by atoms with Gasteiger partial charge in [-0.25, -0.2) is 4.98 Å². The molecule has 2 aromatic rings. The van der Waals surface area contributed by atoms with Crippen molar-refractivity contribution in [3.05, 3.63) is 53.9 Å². The fraction of sp³-hybridized carbons (Fsp3) is 0.188. The summed E-state index contributed by atoms with van der Waals surface area (Å²) < 4.78 is 38.1. The largest absolute Gasteiger partial charge is 0.458 e. The second-order valence-electron chi connectivity index (χ2n) is 5.21. The number of benzene rings is 1. The van der Waals surface area contributed by atoms with Crippen molar-refractivity contribution in [2.45, 2.75) is 18.4 Å². The number of hydrogen-bond acceptors (Lipinski definition) is 5. The summed E-state index contributed by atoms with van der Waals surface area (Å²) in [5.74, 6) is -3.28. The molecule has 8 heteroatoms. The number of oxime groups is 1. The van der Waals surface area contributed by atoms with Crippen molar-refractivity contribution in [3.8, 4) is 17.2 Å². The van der Waals surface area contributed by atoms with Gasteiger partial charge in [-0.15, -0.1) is 0 Å². The number of aromatic nitrogens is 1. The van der Waals surface area contributed by atoms with E-state index >= 15 is 0 Å². The van der Waals surface area contributed by atoms with E-state index in [2.05, 4.69) is 15.0 Å². The van der Waals surface area contributed by atoms with Crippen molar-refractivity contribution in [2.24, 2.45) is 5.16 Å². The van der Waals surface area contributed by atoms with Crippen LogP contribution in [0.4, 0.5) is 13.2 Å². The molecule has 0 saturated carbocycles. The average molecular weight is 333 g/mol. The maximum absolute atomic E-state index is 12.7. The third-order valence-corrected chi connectivity index (χ3v) is 3.58. The summed E-state index contributed by atoms with van der Waals surface area (Å²) in [6.07, 6.45) is -4.20. The summed E-state index contributed by atoms with van der Waals surface area (Å²) in [6, 6.07) is 11.8. The van der Waals surface area contributed by atoms with Gasteiger partial charge in [-0.05, 0) is 28.8 Å². The second-order valence-corrected chi connectivity index (χ2v) is 5.21. The Morgan fingerprint density at radius 2 is 1.79 bits per heavy atom. The van der Waals surface area contributed by atoms with Crippen LogP contribution in [-0.4, -0.2) is 27.8 Å². The van der Waals surface area contributed by atoms with E-state index in [0.29, 0.717) is 5.56 Å². The van der Waals surface area contributed by atoms with Crippen LogP contribution in [0.1, 0.15) is 17.7 Å². The highest BCUT2D eigenvalue weighted by Gasteiger charge is 2.60. The first-order valence-corrected chi connectivity index (χ1v) is 6.83. The van der Waals surface area contributed by atoms with E-state index < -0.39 is 18.4 Å². The standard InChI is InChI=1S/C16H10F3N3O2/c17-16(18,19)15(23)8-14(22-24-15)11-3-1-10(2-4-11)12-5-6-21-13(7-12)9-20/h1-7,23H,8H2. The summed E-state index contributed by atoms with van der Waals surface area (Å²) >= 11 is 0. The van der Waals surface area contributed by atoms with Crippen molar-refractivity contribution < 1.29 is 23.1 Å². The Morgan fingerprint density at radius 1 is 1.12 bits per heavy atom. The molecule has 0 spiro atoms. The highest BCUT2D eigenvalue weighted by Crippen LogP contribution is 2.39. The van der Waals surface area contributed by atoms with Gasteiger partial charge in [-0.1, -0.05) is 29.4 Å². The van der Waals surface area contributed by atoms with E-state index in [0.717, 1.165) is 11.1 Å². The third-order valence-electron chi connectivity index (χ3n) is 3.58. The van der Waals surface area contributed by atoms with Crippen LogP contribution in [0.15, 0.2) is 47.8 Å². The molecule has 0 fully saturated rings. The van der Waals surface area contributed by atoms with Gasteiger partial charge in [-0.2, -0.15) is 18.4 Å². The quantitative estimate of drug-likeness (QED) is 0.916. The summed E-state index contributed by atoms with van der Waals surface area (Å²) in [5, 5.41) is 21.7. The van der Waals surface area contributed by atoms with Crippen molar-refractivity contribution in [2.75, 3.05) is 0 Å². The maximum atomic E-state index is 12.7. The van der Waals surface area contributed by atoms with Crippen molar-refractivity contribution in [3.63, 3.8) is 0 Å². The Bertz CT molecular complexity index is 841. The molecular formula is C16H10F3N3O2. The van der Waals surface area contributed by atoms with Crippen LogP contribution in [0.3, 0.4) is 0 Å². The molecule has 2 heterocycles. The normalized spacial score (nSPS) is 20.2. The van der Waals surface area contributed by atoms with E-state index in [4.69, 9.17) is 5.26 Å². The first-order valence-electron chi connectivity index (χ1n) is 6.83. The summed E-state index contributed by atoms with van der Waals surface area (Å²) in [7, 11) is 0. The van der Waals surface area contributed by atoms with Crippen LogP contribution in [0.25, 0.3) is 11.1 Å². The topological polar surface area (TPSA) is 78.5 Å². The summed E-state index contributed by atoms with van der Waals surface area (Å²) in [5.41, 5.74) is 2.20. The van der Waals surface area contributed by atoms with Crippen LogP contribution < -0.4 is 0 Å². The lowest BCUT2D eigenvalue weighted by molar-refractivity contribution is -0.355. The second kappa shape index (κ2) is 5.62. The van der Waals surface area contributed by atoms with E-state index in [-0.39, 0.29) is 11.4 Å². The van der Waals surface area contributed by atoms with Gasteiger partial charge < -0.3 is 9.94 Å². The maximum Gasteiger partial charge on any atom is 0.458 e. The van der Waals surface area contributed by atoms with Crippen LogP contribution in [-0.2, 0) is 4.84 Å². The van der Waals surface area contributed by atoms with Crippen LogP contribution >= 0.6 is 0 Å². The van der Waals surface area contributed by atoms with Crippen LogP contribution in [0, 0.1) is 11.3 Å². The van der Waals surface area contributed by atoms with Gasteiger partial charge >= 0.3 is 12.0 Å². The number of aliphatic hydroxyl groups is 1. The molecule has 0 amide bonds. The molecule has 1 N–H and O–H groups in total. The molecule has 0 bridgehead atoms. The molecule has 1 aromatic carbocycles. The smallest absolute Gasteiger partial charge is 0.350 e. The number of pyridine rings is 1. The molecule has 3 rings (SSSR count).